The highest BCUT2D eigenvalue weighted by Crippen LogP contribution is 2.24. The Kier molecular flexibility index (Phi) is 6.01. The summed E-state index contributed by atoms with van der Waals surface area (Å²) in [6, 6.07) is 8.30. The molecule has 0 saturated carbocycles. The Balaban J connectivity index is 2.59. The Hall–Kier alpha value is -1.06. The van der Waals surface area contributed by atoms with Crippen molar-refractivity contribution in [1.82, 2.24) is 0 Å². The van der Waals surface area contributed by atoms with E-state index >= 15 is 0 Å². The number of ether oxygens (including phenoxy) is 1. The molecule has 0 aromatic heterocycles. The molecule has 1 aromatic rings. The Morgan fingerprint density at radius 2 is 1.71 bits per heavy atom. The highest BCUT2D eigenvalue weighted by Gasteiger charge is 2.12. The van der Waals surface area contributed by atoms with Crippen LogP contribution < -0.4 is 16.2 Å². The molecule has 0 spiro atoms. The largest absolute Gasteiger partial charge is 0.494 e. The molecule has 96 valence electrons. The molecule has 1 unspecified atom stereocenters. The maximum atomic E-state index is 5.67. The first-order valence-corrected chi connectivity index (χ1v) is 6.34. The second-order valence-electron chi connectivity index (χ2n) is 4.48. The van der Waals surface area contributed by atoms with Crippen LogP contribution in [0.15, 0.2) is 24.3 Å². The molecule has 17 heavy (non-hydrogen) atoms. The number of hydrogen-bond donors (Lipinski definition) is 2. The zero-order valence-corrected chi connectivity index (χ0v) is 10.9. The van der Waals surface area contributed by atoms with Crippen LogP contribution in [0.4, 0.5) is 0 Å². The van der Waals surface area contributed by atoms with Gasteiger partial charge in [-0.3, -0.25) is 0 Å². The molecule has 0 fully saturated rings. The van der Waals surface area contributed by atoms with Crippen LogP contribution >= 0.6 is 0 Å². The number of rotatable bonds is 7. The van der Waals surface area contributed by atoms with Crippen LogP contribution in [0.2, 0.25) is 0 Å². The van der Waals surface area contributed by atoms with Crippen molar-refractivity contribution >= 4 is 0 Å². The van der Waals surface area contributed by atoms with Crippen molar-refractivity contribution in [2.45, 2.75) is 26.2 Å². The topological polar surface area (TPSA) is 61.3 Å². The second-order valence-corrected chi connectivity index (χ2v) is 4.48. The number of benzene rings is 1. The summed E-state index contributed by atoms with van der Waals surface area (Å²) in [5.74, 6) is 1.83. The lowest BCUT2D eigenvalue weighted by atomic mass is 9.90. The highest BCUT2D eigenvalue weighted by molar-refractivity contribution is 5.29. The molecule has 1 atom stereocenters. The maximum Gasteiger partial charge on any atom is 0.119 e. The molecule has 0 aliphatic carbocycles. The Morgan fingerprint density at radius 3 is 2.18 bits per heavy atom. The van der Waals surface area contributed by atoms with Gasteiger partial charge in [0, 0.05) is 0 Å². The minimum Gasteiger partial charge on any atom is -0.494 e. The first-order valence-electron chi connectivity index (χ1n) is 6.34. The average molecular weight is 236 g/mol. The molecule has 0 saturated heterocycles. The van der Waals surface area contributed by atoms with E-state index in [1.54, 1.807) is 0 Å². The lowest BCUT2D eigenvalue weighted by Crippen LogP contribution is -2.24. The lowest BCUT2D eigenvalue weighted by molar-refractivity contribution is 0.340. The molecule has 3 heteroatoms. The molecule has 3 nitrogen and oxygen atoms in total. The van der Waals surface area contributed by atoms with Gasteiger partial charge < -0.3 is 16.2 Å². The van der Waals surface area contributed by atoms with Crippen molar-refractivity contribution < 1.29 is 4.74 Å². The monoisotopic (exact) mass is 236 g/mol. The van der Waals surface area contributed by atoms with Gasteiger partial charge in [-0.2, -0.15) is 0 Å². The molecule has 0 bridgehead atoms. The van der Waals surface area contributed by atoms with Crippen molar-refractivity contribution in [3.8, 4) is 5.75 Å². The van der Waals surface area contributed by atoms with Gasteiger partial charge in [0.15, 0.2) is 0 Å². The fraction of sp³-hybridized carbons (Fsp3) is 0.571. The van der Waals surface area contributed by atoms with Crippen LogP contribution in [0.25, 0.3) is 0 Å². The van der Waals surface area contributed by atoms with Crippen LogP contribution in [-0.4, -0.2) is 19.7 Å². The molecule has 0 aliphatic heterocycles. The minimum absolute atomic E-state index is 0.413. The Morgan fingerprint density at radius 1 is 1.12 bits per heavy atom. The molecule has 0 aliphatic rings. The summed E-state index contributed by atoms with van der Waals surface area (Å²) in [5.41, 5.74) is 12.7. The van der Waals surface area contributed by atoms with Gasteiger partial charge in [0.1, 0.15) is 5.75 Å². The predicted molar refractivity (Wildman–Crippen MR) is 72.2 cm³/mol. The zero-order valence-electron chi connectivity index (χ0n) is 10.9. The first kappa shape index (κ1) is 14.0. The SMILES string of the molecule is CCOc1ccc(C(C)CC(CN)CN)cc1. The van der Waals surface area contributed by atoms with E-state index in [1.165, 1.54) is 5.56 Å². The van der Waals surface area contributed by atoms with E-state index in [0.717, 1.165) is 12.2 Å². The van der Waals surface area contributed by atoms with E-state index in [1.807, 2.05) is 19.1 Å². The van der Waals surface area contributed by atoms with Gasteiger partial charge in [-0.05, 0) is 56.0 Å². The smallest absolute Gasteiger partial charge is 0.119 e. The first-order chi connectivity index (χ1) is 8.21. The molecule has 0 amide bonds. The average Bonchev–Trinajstić information content (AvgIpc) is 2.37. The molecule has 0 radical (unpaired) electrons. The molecule has 1 aromatic carbocycles. The van der Waals surface area contributed by atoms with E-state index < -0.39 is 0 Å². The molecule has 1 rings (SSSR count). The molecular formula is C14H24N2O. The van der Waals surface area contributed by atoms with Gasteiger partial charge in [0.2, 0.25) is 0 Å². The maximum absolute atomic E-state index is 5.67. The summed E-state index contributed by atoms with van der Waals surface area (Å²) in [6.07, 6.45) is 1.04. The Labute approximate surface area is 104 Å². The summed E-state index contributed by atoms with van der Waals surface area (Å²) < 4.78 is 5.42. The third-order valence-corrected chi connectivity index (χ3v) is 3.11. The van der Waals surface area contributed by atoms with Gasteiger partial charge in [-0.25, -0.2) is 0 Å². The summed E-state index contributed by atoms with van der Waals surface area (Å²) >= 11 is 0. The highest BCUT2D eigenvalue weighted by atomic mass is 16.5. The molecular weight excluding hydrogens is 212 g/mol. The van der Waals surface area contributed by atoms with Gasteiger partial charge in [-0.15, -0.1) is 0 Å². The minimum atomic E-state index is 0.413. The van der Waals surface area contributed by atoms with E-state index in [0.29, 0.717) is 31.5 Å². The third kappa shape index (κ3) is 4.36. The van der Waals surface area contributed by atoms with E-state index in [9.17, 15) is 0 Å². The van der Waals surface area contributed by atoms with Gasteiger partial charge in [0.05, 0.1) is 6.61 Å². The summed E-state index contributed by atoms with van der Waals surface area (Å²) in [4.78, 5) is 0. The van der Waals surface area contributed by atoms with Crippen LogP contribution in [-0.2, 0) is 0 Å². The van der Waals surface area contributed by atoms with Crippen LogP contribution in [0, 0.1) is 5.92 Å². The summed E-state index contributed by atoms with van der Waals surface area (Å²) in [6.45, 7) is 6.24. The number of hydrogen-bond acceptors (Lipinski definition) is 3. The van der Waals surface area contributed by atoms with Crippen molar-refractivity contribution in [2.24, 2.45) is 17.4 Å². The van der Waals surface area contributed by atoms with Crippen molar-refractivity contribution in [3.05, 3.63) is 29.8 Å². The van der Waals surface area contributed by atoms with Crippen molar-refractivity contribution in [3.63, 3.8) is 0 Å². The normalized spacial score (nSPS) is 12.8. The van der Waals surface area contributed by atoms with Crippen LogP contribution in [0.1, 0.15) is 31.7 Å². The molecule has 0 heterocycles. The van der Waals surface area contributed by atoms with Crippen LogP contribution in [0.5, 0.6) is 5.75 Å². The predicted octanol–water partition coefficient (Wildman–Crippen LogP) is 2.11. The third-order valence-electron chi connectivity index (χ3n) is 3.11. The quantitative estimate of drug-likeness (QED) is 0.762. The number of nitrogens with two attached hydrogens (primary N) is 2. The summed E-state index contributed by atoms with van der Waals surface area (Å²) in [5, 5.41) is 0. The zero-order chi connectivity index (χ0) is 12.7. The lowest BCUT2D eigenvalue weighted by Gasteiger charge is -2.18. The van der Waals surface area contributed by atoms with Gasteiger partial charge >= 0.3 is 0 Å². The fourth-order valence-corrected chi connectivity index (χ4v) is 1.98. The summed E-state index contributed by atoms with van der Waals surface area (Å²) in [7, 11) is 0. The van der Waals surface area contributed by atoms with E-state index in [4.69, 9.17) is 16.2 Å². The van der Waals surface area contributed by atoms with Crippen molar-refractivity contribution in [1.29, 1.82) is 0 Å². The van der Waals surface area contributed by atoms with Gasteiger partial charge in [-0.1, -0.05) is 19.1 Å². The van der Waals surface area contributed by atoms with Crippen LogP contribution in [0.3, 0.4) is 0 Å². The fourth-order valence-electron chi connectivity index (χ4n) is 1.98. The molecule has 4 N–H and O–H groups in total. The van der Waals surface area contributed by atoms with E-state index in [-0.39, 0.29) is 0 Å². The standard InChI is InChI=1S/C14H24N2O/c1-3-17-14-6-4-13(5-7-14)11(2)8-12(9-15)10-16/h4-7,11-12H,3,8-10,15-16H2,1-2H3. The second kappa shape index (κ2) is 7.30. The Bertz CT molecular complexity index is 307. The van der Waals surface area contributed by atoms with Crippen molar-refractivity contribution in [2.75, 3.05) is 19.7 Å². The van der Waals surface area contributed by atoms with E-state index in [2.05, 4.69) is 19.1 Å². The van der Waals surface area contributed by atoms with Gasteiger partial charge in [0.25, 0.3) is 0 Å².